The largest absolute Gasteiger partial charge is 0.494 e. The van der Waals surface area contributed by atoms with Crippen molar-refractivity contribution >= 4 is 67.5 Å². The van der Waals surface area contributed by atoms with Gasteiger partial charge in [-0.3, -0.25) is 62.6 Å². The normalized spacial score (nSPS) is 16.0. The average molecular weight is 1310 g/mol. The van der Waals surface area contributed by atoms with Gasteiger partial charge in [0, 0.05) is 89.4 Å². The van der Waals surface area contributed by atoms with Crippen LogP contribution >= 0.6 is 0 Å². The maximum atomic E-state index is 14.0. The molecule has 0 bridgehead atoms. The van der Waals surface area contributed by atoms with E-state index in [9.17, 15) is 64.9 Å². The zero-order valence-electron chi connectivity index (χ0n) is 54.5. The number of nitrogens with zero attached hydrogens (tertiary/aromatic N) is 4. The first-order chi connectivity index (χ1) is 41.8. The van der Waals surface area contributed by atoms with Gasteiger partial charge in [0.2, 0.25) is 27.7 Å². The highest BCUT2D eigenvalue weighted by Crippen LogP contribution is 2.27. The Balaban J connectivity index is 1.26. The SMILES string of the molecule is Cc1cc(OCCCC(=O)NCCCC(=O)[C@H](CS(=O)(=O)O)NC(=O)CC[C@H](C(=O)OC(C)(C)C)N2CCN(CC(=O)OC(C)(C)C)CCN(CC(=O)OC(C)(C)C)CC2)cc(C)c1S(=O)(=O)NC(CNC(=O)CCCCc1ccc2c(n1)CCCC2)C(=O)O. The highest BCUT2D eigenvalue weighted by atomic mass is 32.2. The fraction of sp³-hybridized carbons (Fsp3) is 0.694. The van der Waals surface area contributed by atoms with Crippen molar-refractivity contribution in [1.82, 2.24) is 40.4 Å². The van der Waals surface area contributed by atoms with E-state index in [4.69, 9.17) is 23.9 Å². The third-order valence-electron chi connectivity index (χ3n) is 14.4. The number of sulfonamides is 1. The molecule has 4 rings (SSSR count). The van der Waals surface area contributed by atoms with Crippen LogP contribution in [0.2, 0.25) is 0 Å². The number of benzene rings is 1. The maximum Gasteiger partial charge on any atom is 0.323 e. The molecule has 1 unspecified atom stereocenters. The highest BCUT2D eigenvalue weighted by molar-refractivity contribution is 7.89. The molecule has 1 aliphatic carbocycles. The number of unbranched alkanes of at least 4 members (excludes halogenated alkanes) is 1. The quantitative estimate of drug-likeness (QED) is 0.0255. The molecule has 3 amide bonds. The molecule has 2 aromatic rings. The summed E-state index contributed by atoms with van der Waals surface area (Å²) in [7, 11) is -9.21. The van der Waals surface area contributed by atoms with Crippen molar-refractivity contribution in [2.45, 2.75) is 206 Å². The minimum absolute atomic E-state index is 0.0122. The molecule has 1 fully saturated rings. The molecule has 1 aliphatic heterocycles. The summed E-state index contributed by atoms with van der Waals surface area (Å²) in [5, 5.41) is 17.5. The molecule has 90 heavy (non-hydrogen) atoms. The number of aliphatic carboxylic acids is 1. The summed E-state index contributed by atoms with van der Waals surface area (Å²) < 4.78 is 86.2. The van der Waals surface area contributed by atoms with Gasteiger partial charge in [0.05, 0.1) is 24.6 Å². The number of carboxylic acids is 1. The van der Waals surface area contributed by atoms with Gasteiger partial charge in [0.25, 0.3) is 10.1 Å². The molecule has 0 radical (unpaired) electrons. The first-order valence-electron chi connectivity index (χ1n) is 31.0. The standard InChI is InChI=1S/C62H98N8O18S2/c1-42-36-46(37-43(2)57(42)90(83,84)67-48(58(77)78)38-64-53(73)22-15-13-19-45-25-24-44-18-12-14-20-47(44)65-45)85-35-17-23-52(72)63-28-16-21-51(71)49(41-89(80,81)82)66-54(74)27-26-50(59(79)88-62(9,10)11)70-33-31-68(39-55(75)86-60(3,4)5)29-30-69(32-34-70)40-56(76)87-61(6,7)8/h24-25,36-37,48-50,67H,12-23,26-35,38-41H2,1-11H3,(H,63,72)(H,64,73)(H,66,74)(H,77,78)(H,80,81,82)/t48?,49-,50+/m0/s1. The first kappa shape index (κ1) is 76.3. The first-order valence-corrected chi connectivity index (χ1v) is 34.1. The molecule has 2 aliphatic rings. The van der Waals surface area contributed by atoms with Gasteiger partial charge in [-0.1, -0.05) is 6.07 Å². The predicted molar refractivity (Wildman–Crippen MR) is 334 cm³/mol. The summed E-state index contributed by atoms with van der Waals surface area (Å²) in [5.74, 6) is -6.29. The summed E-state index contributed by atoms with van der Waals surface area (Å²) >= 11 is 0. The summed E-state index contributed by atoms with van der Waals surface area (Å²) in [4.78, 5) is 115. The number of nitrogens with one attached hydrogen (secondary N) is 4. The molecule has 28 heteroatoms. The number of carbonyl (C=O) groups excluding carboxylic acids is 7. The molecular formula is C62H98N8O18S2. The van der Waals surface area contributed by atoms with Gasteiger partial charge < -0.3 is 40.0 Å². The topological polar surface area (TPSA) is 353 Å². The molecule has 506 valence electrons. The molecular weight excluding hydrogens is 1210 g/mol. The molecule has 3 atom stereocenters. The minimum Gasteiger partial charge on any atom is -0.494 e. The van der Waals surface area contributed by atoms with Crippen LogP contribution in [0.1, 0.15) is 161 Å². The number of ketones is 1. The minimum atomic E-state index is -4.80. The smallest absolute Gasteiger partial charge is 0.323 e. The lowest BCUT2D eigenvalue weighted by molar-refractivity contribution is -0.163. The molecule has 6 N–H and O–H groups in total. The molecule has 1 aromatic heterocycles. The Kier molecular flexibility index (Phi) is 29.7. The van der Waals surface area contributed by atoms with Crippen LogP contribution in [0.15, 0.2) is 29.2 Å². The van der Waals surface area contributed by atoms with E-state index in [0.717, 1.165) is 30.7 Å². The molecule has 0 spiro atoms. The number of carbonyl (C=O) groups is 8. The van der Waals surface area contributed by atoms with Gasteiger partial charge in [0.15, 0.2) is 5.78 Å². The average Bonchev–Trinajstić information content (AvgIpc) is 1.50. The molecule has 26 nitrogen and oxygen atoms in total. The van der Waals surface area contributed by atoms with Crippen LogP contribution < -0.4 is 25.4 Å². The molecule has 2 heterocycles. The highest BCUT2D eigenvalue weighted by Gasteiger charge is 2.35. The number of aryl methyl sites for hydroxylation is 5. The van der Waals surface area contributed by atoms with Crippen LogP contribution in [0.3, 0.4) is 0 Å². The second-order valence-electron chi connectivity index (χ2n) is 26.1. The number of esters is 3. The number of hydrogen-bond donors (Lipinski definition) is 6. The molecule has 1 aromatic carbocycles. The molecule has 1 saturated heterocycles. The van der Waals surface area contributed by atoms with Crippen molar-refractivity contribution < 1.29 is 83.8 Å². The fourth-order valence-corrected chi connectivity index (χ4v) is 12.7. The van der Waals surface area contributed by atoms with Crippen molar-refractivity contribution in [2.75, 3.05) is 77.8 Å². The van der Waals surface area contributed by atoms with Gasteiger partial charge in [-0.25, -0.2) is 8.42 Å². The van der Waals surface area contributed by atoms with Gasteiger partial charge >= 0.3 is 23.9 Å². The number of rotatable bonds is 33. The van der Waals surface area contributed by atoms with Gasteiger partial charge in [-0.2, -0.15) is 13.1 Å². The third kappa shape index (κ3) is 29.4. The summed E-state index contributed by atoms with van der Waals surface area (Å²) in [6, 6.07) is 2.67. The predicted octanol–water partition coefficient (Wildman–Crippen LogP) is 3.93. The van der Waals surface area contributed by atoms with E-state index in [0.29, 0.717) is 38.1 Å². The lowest BCUT2D eigenvalue weighted by atomic mass is 9.95. The van der Waals surface area contributed by atoms with Crippen LogP contribution in [0.25, 0.3) is 0 Å². The van der Waals surface area contributed by atoms with Crippen LogP contribution in [0, 0.1) is 13.8 Å². The second-order valence-corrected chi connectivity index (χ2v) is 29.3. The number of pyridine rings is 1. The lowest BCUT2D eigenvalue weighted by Crippen LogP contribution is -2.50. The van der Waals surface area contributed by atoms with Crippen LogP contribution in [0.5, 0.6) is 5.75 Å². The van der Waals surface area contributed by atoms with Gasteiger partial charge in [-0.05, 0) is 175 Å². The zero-order chi connectivity index (χ0) is 67.2. The van der Waals surface area contributed by atoms with Crippen LogP contribution in [-0.4, -0.2) is 206 Å². The number of ether oxygens (including phenoxy) is 4. The fourth-order valence-electron chi connectivity index (χ4n) is 10.4. The number of fused-ring (bicyclic) bond motifs is 1. The Morgan fingerprint density at radius 2 is 1.21 bits per heavy atom. The Labute approximate surface area is 531 Å². The van der Waals surface area contributed by atoms with E-state index in [1.165, 1.54) is 38.0 Å². The van der Waals surface area contributed by atoms with Crippen molar-refractivity contribution in [3.05, 3.63) is 52.3 Å². The third-order valence-corrected chi connectivity index (χ3v) is 16.9. The van der Waals surface area contributed by atoms with Crippen molar-refractivity contribution in [3.8, 4) is 5.75 Å². The van der Waals surface area contributed by atoms with E-state index in [1.54, 1.807) is 67.2 Å². The van der Waals surface area contributed by atoms with E-state index >= 15 is 0 Å². The van der Waals surface area contributed by atoms with Gasteiger partial charge in [0.1, 0.15) is 46.4 Å². The molecule has 0 saturated carbocycles. The Bertz CT molecular complexity index is 2970. The summed E-state index contributed by atoms with van der Waals surface area (Å²) in [6.07, 6.45) is 5.75. The van der Waals surface area contributed by atoms with Crippen molar-refractivity contribution in [3.63, 3.8) is 0 Å². The monoisotopic (exact) mass is 1310 g/mol. The van der Waals surface area contributed by atoms with Crippen molar-refractivity contribution in [2.24, 2.45) is 0 Å². The number of aromatic nitrogens is 1. The van der Waals surface area contributed by atoms with E-state index in [2.05, 4.69) is 26.7 Å². The second kappa shape index (κ2) is 35.0. The number of Topliss-reactive ketones (excluding diaryl/α,β-unsaturated/α-hetero) is 1. The zero-order valence-corrected chi connectivity index (χ0v) is 56.1. The van der Waals surface area contributed by atoms with Crippen LogP contribution in [0.4, 0.5) is 0 Å². The van der Waals surface area contributed by atoms with E-state index in [-0.39, 0.29) is 107 Å². The summed E-state index contributed by atoms with van der Waals surface area (Å²) in [5.41, 5.74) is 1.47. The van der Waals surface area contributed by atoms with Crippen molar-refractivity contribution in [1.29, 1.82) is 0 Å². The summed E-state index contributed by atoms with van der Waals surface area (Å²) in [6.45, 7) is 19.7. The number of amides is 3. The Hall–Kier alpha value is -6.17. The van der Waals surface area contributed by atoms with E-state index in [1.807, 2.05) is 15.9 Å². The maximum absolute atomic E-state index is 14.0. The Morgan fingerprint density at radius 1 is 0.656 bits per heavy atom. The van der Waals surface area contributed by atoms with E-state index < -0.39 is 121 Å². The Morgan fingerprint density at radius 3 is 1.78 bits per heavy atom. The number of carboxylic acid groups (broad SMARTS) is 1. The van der Waals surface area contributed by atoms with Gasteiger partial charge in [-0.15, -0.1) is 0 Å². The van der Waals surface area contributed by atoms with Crippen LogP contribution in [-0.2, 0) is 92.0 Å². The number of hydrogen-bond acceptors (Lipinski definition) is 20. The lowest BCUT2D eigenvalue weighted by Gasteiger charge is -2.34.